The first-order valence-electron chi connectivity index (χ1n) is 24.4. The van der Waals surface area contributed by atoms with E-state index in [-0.39, 0.29) is 78.5 Å². The smallest absolute Gasteiger partial charge is 0.326 e. The number of rotatable bonds is 27. The van der Waals surface area contributed by atoms with Gasteiger partial charge < -0.3 is 39.9 Å². The summed E-state index contributed by atoms with van der Waals surface area (Å²) in [6.45, 7) is 13.8. The van der Waals surface area contributed by atoms with Gasteiger partial charge in [0.1, 0.15) is 18.1 Å². The van der Waals surface area contributed by atoms with Crippen LogP contribution < -0.4 is 10.6 Å². The lowest BCUT2D eigenvalue weighted by molar-refractivity contribution is -0.149. The molecule has 0 aromatic heterocycles. The van der Waals surface area contributed by atoms with E-state index < -0.39 is 66.1 Å². The molecule has 1 saturated heterocycles. The van der Waals surface area contributed by atoms with E-state index in [1.54, 1.807) is 43.0 Å². The fourth-order valence-corrected chi connectivity index (χ4v) is 10.0. The number of carbonyl (C=O) groups is 8. The highest BCUT2D eigenvalue weighted by molar-refractivity contribution is 6.12. The zero-order valence-corrected chi connectivity index (χ0v) is 42.2. The molecule has 1 aliphatic carbocycles. The van der Waals surface area contributed by atoms with Gasteiger partial charge in [0.2, 0.25) is 29.5 Å². The maximum absolute atomic E-state index is 14.7. The molecule has 378 valence electrons. The number of imide groups is 1. The summed E-state index contributed by atoms with van der Waals surface area (Å²) in [7, 11) is 6.27. The fourth-order valence-electron chi connectivity index (χ4n) is 10.0. The third-order valence-electron chi connectivity index (χ3n) is 14.5. The van der Waals surface area contributed by atoms with Gasteiger partial charge in [-0.2, -0.15) is 0 Å². The van der Waals surface area contributed by atoms with Crippen LogP contribution in [0, 0.1) is 29.1 Å². The molecule has 3 N–H and O–H groups in total. The van der Waals surface area contributed by atoms with Crippen molar-refractivity contribution in [2.75, 3.05) is 41.4 Å². The molecule has 0 radical (unpaired) electrons. The normalized spacial score (nSPS) is 19.9. The fraction of sp³-hybridized carbons (Fsp3) is 0.686. The third-order valence-corrected chi connectivity index (χ3v) is 14.5. The summed E-state index contributed by atoms with van der Waals surface area (Å²) in [5.41, 5.74) is 0.672. The summed E-state index contributed by atoms with van der Waals surface area (Å²) in [6.07, 6.45) is 6.00. The van der Waals surface area contributed by atoms with E-state index in [9.17, 15) is 43.5 Å². The Hall–Kier alpha value is -5.16. The minimum atomic E-state index is -1.16. The second-order valence-corrected chi connectivity index (χ2v) is 20.1. The van der Waals surface area contributed by atoms with Gasteiger partial charge in [-0.3, -0.25) is 38.5 Å². The SMILES string of the molecule is CC[C@H](C)[C@@H]([C@@H](CC(=O)N1CC2(CC2)C[C@H]1[C@H](OC)C(C)C(=O)NC(Cc1ccccc1)C(=O)O)OC)N(C)C(=O)[C@@H](NC(=O)C(C(C)C)N(C)C(=O)CCCCCN1C(=O)C=CC1=O)C(C)C. The van der Waals surface area contributed by atoms with Crippen molar-refractivity contribution in [3.8, 4) is 0 Å². The first kappa shape index (κ1) is 55.4. The average molecular weight is 951 g/mol. The quantitative estimate of drug-likeness (QED) is 0.0840. The number of carboxylic acids is 1. The molecule has 1 aromatic carbocycles. The molecule has 9 atom stereocenters. The number of carbonyl (C=O) groups excluding carboxylic acids is 7. The van der Waals surface area contributed by atoms with E-state index in [0.717, 1.165) is 18.4 Å². The third kappa shape index (κ3) is 14.0. The Bertz CT molecular complexity index is 1950. The highest BCUT2D eigenvalue weighted by Gasteiger charge is 2.56. The molecule has 4 rings (SSSR count). The van der Waals surface area contributed by atoms with Gasteiger partial charge in [0.05, 0.1) is 36.6 Å². The van der Waals surface area contributed by atoms with E-state index in [1.807, 2.05) is 59.7 Å². The number of amides is 7. The topological polar surface area (TPSA) is 212 Å². The molecule has 0 bridgehead atoms. The number of methoxy groups -OCH3 is 2. The molecule has 17 heteroatoms. The standard InChI is InChI=1S/C51H78N6O11/c1-12-33(6)45(55(9)49(64)43(31(2)3)53-48(63)44(32(4)5)54(8)39(58)21-17-14-18-26-56-40(59)22-23-41(56)60)38(67-10)28-42(61)57-30-51(24-25-51)29-37(57)46(68-11)34(7)47(62)52-36(50(65)66)27-35-19-15-13-16-20-35/h13,15-16,19-20,22-23,31-34,36-38,43-46H,12,14,17-18,21,24-30H2,1-11H3,(H,52,62)(H,53,63)(H,65,66)/t33-,34?,36?,37-,38+,43-,44?,45-,46+/m0/s1. The van der Waals surface area contributed by atoms with Crippen LogP contribution in [0.5, 0.6) is 0 Å². The lowest BCUT2D eigenvalue weighted by Crippen LogP contribution is -2.60. The van der Waals surface area contributed by atoms with Crippen LogP contribution in [-0.2, 0) is 54.3 Å². The summed E-state index contributed by atoms with van der Waals surface area (Å²) < 4.78 is 12.1. The number of ether oxygens (including phenoxy) is 2. The molecule has 1 aromatic rings. The molecule has 2 heterocycles. The maximum Gasteiger partial charge on any atom is 0.326 e. The molecule has 1 saturated carbocycles. The highest BCUT2D eigenvalue weighted by Crippen LogP contribution is 2.56. The van der Waals surface area contributed by atoms with E-state index in [1.165, 1.54) is 36.2 Å². The number of likely N-dealkylation sites (tertiary alicyclic amines) is 1. The van der Waals surface area contributed by atoms with Crippen LogP contribution in [0.3, 0.4) is 0 Å². The Morgan fingerprint density at radius 1 is 0.838 bits per heavy atom. The minimum Gasteiger partial charge on any atom is -0.480 e. The van der Waals surface area contributed by atoms with Crippen molar-refractivity contribution in [1.29, 1.82) is 0 Å². The second-order valence-electron chi connectivity index (χ2n) is 20.1. The first-order chi connectivity index (χ1) is 32.1. The molecule has 17 nitrogen and oxygen atoms in total. The van der Waals surface area contributed by atoms with Crippen LogP contribution in [0.15, 0.2) is 42.5 Å². The van der Waals surface area contributed by atoms with Gasteiger partial charge in [0.15, 0.2) is 0 Å². The average Bonchev–Trinajstić information content (AvgIpc) is 3.85. The molecular weight excluding hydrogens is 873 g/mol. The number of hydrogen-bond acceptors (Lipinski definition) is 10. The number of hydrogen-bond donors (Lipinski definition) is 3. The predicted octanol–water partition coefficient (Wildman–Crippen LogP) is 4.22. The van der Waals surface area contributed by atoms with Crippen molar-refractivity contribution < 1.29 is 52.9 Å². The molecule has 1 spiro atoms. The molecule has 7 amide bonds. The maximum atomic E-state index is 14.7. The number of benzene rings is 1. The van der Waals surface area contributed by atoms with Crippen LogP contribution in [0.25, 0.3) is 0 Å². The number of nitrogens with zero attached hydrogens (tertiary/aromatic N) is 4. The Morgan fingerprint density at radius 3 is 2.00 bits per heavy atom. The van der Waals surface area contributed by atoms with Crippen LogP contribution in [0.1, 0.15) is 112 Å². The zero-order chi connectivity index (χ0) is 50.6. The van der Waals surface area contributed by atoms with Gasteiger partial charge in [-0.15, -0.1) is 0 Å². The van der Waals surface area contributed by atoms with Crippen LogP contribution in [0.2, 0.25) is 0 Å². The first-order valence-corrected chi connectivity index (χ1v) is 24.4. The lowest BCUT2D eigenvalue weighted by Gasteiger charge is -2.41. The van der Waals surface area contributed by atoms with E-state index >= 15 is 0 Å². The van der Waals surface area contributed by atoms with Crippen LogP contribution in [0.4, 0.5) is 0 Å². The van der Waals surface area contributed by atoms with E-state index in [2.05, 4.69) is 10.6 Å². The predicted molar refractivity (Wildman–Crippen MR) is 255 cm³/mol. The molecule has 2 aliphatic heterocycles. The van der Waals surface area contributed by atoms with Gasteiger partial charge in [0.25, 0.3) is 11.8 Å². The molecule has 68 heavy (non-hydrogen) atoms. The van der Waals surface area contributed by atoms with Gasteiger partial charge >= 0.3 is 5.97 Å². The largest absolute Gasteiger partial charge is 0.480 e. The molecule has 3 aliphatic rings. The Morgan fingerprint density at radius 2 is 1.47 bits per heavy atom. The summed E-state index contributed by atoms with van der Waals surface area (Å²) >= 11 is 0. The number of nitrogens with one attached hydrogen (secondary N) is 2. The summed E-state index contributed by atoms with van der Waals surface area (Å²) in [5.74, 6) is -5.18. The Kier molecular flexibility index (Phi) is 20.3. The number of carboxylic acid groups (broad SMARTS) is 1. The highest BCUT2D eigenvalue weighted by atomic mass is 16.5. The van der Waals surface area contributed by atoms with E-state index in [4.69, 9.17) is 9.47 Å². The van der Waals surface area contributed by atoms with Crippen LogP contribution >= 0.6 is 0 Å². The lowest BCUT2D eigenvalue weighted by atomic mass is 9.89. The van der Waals surface area contributed by atoms with Crippen molar-refractivity contribution in [3.63, 3.8) is 0 Å². The zero-order valence-electron chi connectivity index (χ0n) is 42.2. The number of likely N-dealkylation sites (N-methyl/N-ethyl adjacent to an activating group) is 2. The van der Waals surface area contributed by atoms with Crippen LogP contribution in [-0.4, -0.2) is 156 Å². The summed E-state index contributed by atoms with van der Waals surface area (Å²) in [4.78, 5) is 113. The van der Waals surface area contributed by atoms with E-state index in [0.29, 0.717) is 38.6 Å². The van der Waals surface area contributed by atoms with Crippen molar-refractivity contribution >= 4 is 47.3 Å². The van der Waals surface area contributed by atoms with Gasteiger partial charge in [-0.1, -0.05) is 91.6 Å². The summed E-state index contributed by atoms with van der Waals surface area (Å²) in [6, 6.07) is 5.01. The monoisotopic (exact) mass is 951 g/mol. The molecule has 3 unspecified atom stereocenters. The second kappa shape index (κ2) is 24.9. The van der Waals surface area contributed by atoms with Crippen molar-refractivity contribution in [2.45, 2.75) is 155 Å². The minimum absolute atomic E-state index is 0.0718. The Labute approximate surface area is 403 Å². The van der Waals surface area contributed by atoms with Crippen molar-refractivity contribution in [2.24, 2.45) is 29.1 Å². The molecule has 2 fully saturated rings. The summed E-state index contributed by atoms with van der Waals surface area (Å²) in [5, 5.41) is 15.7. The van der Waals surface area contributed by atoms with Crippen molar-refractivity contribution in [1.82, 2.24) is 30.2 Å². The van der Waals surface area contributed by atoms with Gasteiger partial charge in [-0.05, 0) is 60.8 Å². The molecular formula is C51H78N6O11. The Balaban J connectivity index is 1.45. The van der Waals surface area contributed by atoms with Crippen molar-refractivity contribution in [3.05, 3.63) is 48.0 Å². The number of aliphatic carboxylic acids is 1. The number of unbranched alkanes of at least 4 members (excludes halogenated alkanes) is 2. The van der Waals surface area contributed by atoms with Gasteiger partial charge in [0, 0.05) is 66.4 Å². The van der Waals surface area contributed by atoms with Gasteiger partial charge in [-0.25, -0.2) is 4.79 Å².